The van der Waals surface area contributed by atoms with E-state index in [0.717, 1.165) is 34.9 Å². The molecule has 31 heavy (non-hydrogen) atoms. The van der Waals surface area contributed by atoms with Crippen molar-refractivity contribution >= 4 is 40.5 Å². The number of cyclic esters (lactones) is 2. The quantitative estimate of drug-likeness (QED) is 0.280. The van der Waals surface area contributed by atoms with Crippen molar-refractivity contribution in [2.45, 2.75) is 45.4 Å². The molecular formula is C25H24ClNO4. The van der Waals surface area contributed by atoms with E-state index in [1.807, 2.05) is 66.2 Å². The van der Waals surface area contributed by atoms with Crippen molar-refractivity contribution in [2.75, 3.05) is 0 Å². The van der Waals surface area contributed by atoms with Crippen molar-refractivity contribution in [3.8, 4) is 0 Å². The number of carbonyl (C=O) groups is 2. The van der Waals surface area contributed by atoms with Crippen LogP contribution in [0.25, 0.3) is 17.0 Å². The lowest BCUT2D eigenvalue weighted by molar-refractivity contribution is -0.230. The van der Waals surface area contributed by atoms with Crippen LogP contribution in [0.5, 0.6) is 0 Å². The van der Waals surface area contributed by atoms with Crippen LogP contribution in [-0.4, -0.2) is 22.3 Å². The number of halogens is 1. The van der Waals surface area contributed by atoms with Gasteiger partial charge in [0.2, 0.25) is 0 Å². The summed E-state index contributed by atoms with van der Waals surface area (Å²) >= 11 is 6.34. The Morgan fingerprint density at radius 2 is 1.71 bits per heavy atom. The molecular weight excluding hydrogens is 414 g/mol. The van der Waals surface area contributed by atoms with Gasteiger partial charge in [-0.3, -0.25) is 0 Å². The lowest BCUT2D eigenvalue weighted by Gasteiger charge is -2.33. The number of rotatable bonds is 6. The molecule has 0 saturated carbocycles. The van der Waals surface area contributed by atoms with Crippen LogP contribution in [0.15, 0.2) is 60.3 Å². The molecule has 1 aliphatic rings. The van der Waals surface area contributed by atoms with E-state index in [2.05, 4.69) is 0 Å². The number of hydrogen-bond acceptors (Lipinski definition) is 4. The van der Waals surface area contributed by atoms with E-state index in [1.54, 1.807) is 13.0 Å². The molecule has 2 aromatic carbocycles. The summed E-state index contributed by atoms with van der Waals surface area (Å²) in [5.74, 6) is -2.52. The average Bonchev–Trinajstić information content (AvgIpc) is 3.08. The Hall–Kier alpha value is -3.05. The number of esters is 2. The van der Waals surface area contributed by atoms with Gasteiger partial charge < -0.3 is 14.0 Å². The summed E-state index contributed by atoms with van der Waals surface area (Å²) < 4.78 is 13.0. The molecule has 2 heterocycles. The number of carbonyl (C=O) groups excluding carboxylic acids is 2. The number of para-hydroxylation sites is 1. The fourth-order valence-electron chi connectivity index (χ4n) is 3.81. The van der Waals surface area contributed by atoms with Gasteiger partial charge in [0.1, 0.15) is 5.57 Å². The number of aromatic nitrogens is 1. The lowest BCUT2D eigenvalue weighted by atomic mass is 10.1. The predicted octanol–water partition coefficient (Wildman–Crippen LogP) is 5.73. The third kappa shape index (κ3) is 4.37. The summed E-state index contributed by atoms with van der Waals surface area (Å²) in [6.07, 6.45) is 5.65. The second kappa shape index (κ2) is 8.60. The van der Waals surface area contributed by atoms with Crippen LogP contribution in [-0.2, 0) is 25.6 Å². The van der Waals surface area contributed by atoms with Crippen molar-refractivity contribution < 1.29 is 19.1 Å². The second-order valence-electron chi connectivity index (χ2n) is 7.90. The number of fused-ring (bicyclic) bond motifs is 1. The normalized spacial score (nSPS) is 18.7. The number of ether oxygens (including phenoxy) is 2. The molecule has 0 amide bonds. The minimum atomic E-state index is -1.21. The Bertz CT molecular complexity index is 1160. The van der Waals surface area contributed by atoms with Gasteiger partial charge in [0.05, 0.1) is 0 Å². The molecule has 0 bridgehead atoms. The fraction of sp³-hybridized carbons (Fsp3) is 0.280. The van der Waals surface area contributed by atoms with E-state index in [0.29, 0.717) is 18.0 Å². The average molecular weight is 438 g/mol. The van der Waals surface area contributed by atoms with Crippen LogP contribution in [0.1, 0.15) is 44.2 Å². The number of unbranched alkanes of at least 4 members (excludes halogenated alkanes) is 1. The SMILES string of the molecule is CCCCC1(C)OC(=O)C(=Cc2cn(Cc3ccccc3Cl)c3ccccc23)C(=O)O1. The topological polar surface area (TPSA) is 57.5 Å². The maximum atomic E-state index is 12.7. The lowest BCUT2D eigenvalue weighted by Crippen LogP contribution is -2.44. The van der Waals surface area contributed by atoms with E-state index in [9.17, 15) is 9.59 Å². The summed E-state index contributed by atoms with van der Waals surface area (Å²) in [5, 5.41) is 1.60. The fourth-order valence-corrected chi connectivity index (χ4v) is 4.01. The number of nitrogens with zero attached hydrogens (tertiary/aromatic N) is 1. The van der Waals surface area contributed by atoms with E-state index < -0.39 is 17.7 Å². The summed E-state index contributed by atoms with van der Waals surface area (Å²) in [6, 6.07) is 15.5. The van der Waals surface area contributed by atoms with Crippen molar-refractivity contribution in [1.82, 2.24) is 4.57 Å². The van der Waals surface area contributed by atoms with Gasteiger partial charge in [-0.25, -0.2) is 9.59 Å². The number of benzene rings is 2. The molecule has 6 heteroatoms. The maximum Gasteiger partial charge on any atom is 0.348 e. The van der Waals surface area contributed by atoms with Gasteiger partial charge in [0, 0.05) is 47.6 Å². The van der Waals surface area contributed by atoms with E-state index in [4.69, 9.17) is 21.1 Å². The van der Waals surface area contributed by atoms with Crippen LogP contribution >= 0.6 is 11.6 Å². The standard InChI is InChI=1S/C25H24ClNO4/c1-3-4-13-25(2)30-23(28)20(24(29)31-25)14-18-16-27(22-12-8-6-10-19(18)22)15-17-9-5-7-11-21(17)26/h5-12,14,16H,3-4,13,15H2,1-2H3. The van der Waals surface area contributed by atoms with Gasteiger partial charge in [-0.15, -0.1) is 0 Å². The van der Waals surface area contributed by atoms with E-state index >= 15 is 0 Å². The molecule has 0 unspecified atom stereocenters. The van der Waals surface area contributed by atoms with Crippen molar-refractivity contribution in [3.63, 3.8) is 0 Å². The molecule has 1 saturated heterocycles. The Labute approximate surface area is 186 Å². The van der Waals surface area contributed by atoms with Crippen LogP contribution in [0.3, 0.4) is 0 Å². The van der Waals surface area contributed by atoms with Crippen LogP contribution in [0.2, 0.25) is 5.02 Å². The highest BCUT2D eigenvalue weighted by molar-refractivity contribution is 6.31. The summed E-state index contributed by atoms with van der Waals surface area (Å²) in [5.41, 5.74) is 2.59. The first-order valence-corrected chi connectivity index (χ1v) is 10.8. The Morgan fingerprint density at radius 1 is 1.03 bits per heavy atom. The summed E-state index contributed by atoms with van der Waals surface area (Å²) in [4.78, 5) is 25.3. The molecule has 1 aromatic heterocycles. The first-order chi connectivity index (χ1) is 14.9. The molecule has 1 fully saturated rings. The molecule has 5 nitrogen and oxygen atoms in total. The molecule has 0 atom stereocenters. The summed E-state index contributed by atoms with van der Waals surface area (Å²) in [7, 11) is 0. The smallest absolute Gasteiger partial charge is 0.348 e. The largest absolute Gasteiger partial charge is 0.419 e. The highest BCUT2D eigenvalue weighted by Gasteiger charge is 2.42. The third-order valence-corrected chi connectivity index (χ3v) is 5.83. The van der Waals surface area contributed by atoms with Gasteiger partial charge in [0.15, 0.2) is 0 Å². The third-order valence-electron chi connectivity index (χ3n) is 5.46. The molecule has 4 rings (SSSR count). The zero-order chi connectivity index (χ0) is 22.0. The zero-order valence-corrected chi connectivity index (χ0v) is 18.3. The van der Waals surface area contributed by atoms with Crippen molar-refractivity contribution in [1.29, 1.82) is 0 Å². The summed E-state index contributed by atoms with van der Waals surface area (Å²) in [6.45, 7) is 4.22. The first kappa shape index (κ1) is 21.2. The molecule has 160 valence electrons. The first-order valence-electron chi connectivity index (χ1n) is 10.4. The van der Waals surface area contributed by atoms with Gasteiger partial charge in [-0.05, 0) is 30.2 Å². The van der Waals surface area contributed by atoms with Gasteiger partial charge in [-0.2, -0.15) is 0 Å². The van der Waals surface area contributed by atoms with E-state index in [1.165, 1.54) is 0 Å². The monoisotopic (exact) mass is 437 g/mol. The maximum absolute atomic E-state index is 12.7. The predicted molar refractivity (Wildman–Crippen MR) is 121 cm³/mol. The zero-order valence-electron chi connectivity index (χ0n) is 17.6. The Morgan fingerprint density at radius 3 is 2.42 bits per heavy atom. The minimum absolute atomic E-state index is 0.102. The van der Waals surface area contributed by atoms with E-state index in [-0.39, 0.29) is 5.57 Å². The molecule has 1 aliphatic heterocycles. The molecule has 3 aromatic rings. The Balaban J connectivity index is 1.69. The number of hydrogen-bond donors (Lipinski definition) is 0. The van der Waals surface area contributed by atoms with Crippen LogP contribution in [0, 0.1) is 0 Å². The van der Waals surface area contributed by atoms with Crippen molar-refractivity contribution in [3.05, 3.63) is 76.5 Å². The van der Waals surface area contributed by atoms with Gasteiger partial charge >= 0.3 is 11.9 Å². The highest BCUT2D eigenvalue weighted by Crippen LogP contribution is 2.31. The minimum Gasteiger partial charge on any atom is -0.419 e. The molecule has 0 radical (unpaired) electrons. The molecule has 0 spiro atoms. The van der Waals surface area contributed by atoms with Crippen LogP contribution < -0.4 is 0 Å². The van der Waals surface area contributed by atoms with Gasteiger partial charge in [-0.1, -0.05) is 61.3 Å². The molecule has 0 N–H and O–H groups in total. The second-order valence-corrected chi connectivity index (χ2v) is 8.30. The van der Waals surface area contributed by atoms with Crippen LogP contribution in [0.4, 0.5) is 0 Å². The Kier molecular flexibility index (Phi) is 5.88. The van der Waals surface area contributed by atoms with Gasteiger partial charge in [0.25, 0.3) is 5.79 Å². The highest BCUT2D eigenvalue weighted by atomic mass is 35.5. The molecule has 0 aliphatic carbocycles. The van der Waals surface area contributed by atoms with Crippen molar-refractivity contribution in [2.24, 2.45) is 0 Å².